The van der Waals surface area contributed by atoms with Gasteiger partial charge in [0.2, 0.25) is 0 Å². The molecule has 4 aromatic carbocycles. The number of carbonyl (C=O) groups is 1. The minimum Gasteiger partial charge on any atom is -0.478 e. The van der Waals surface area contributed by atoms with Crippen LogP contribution in [0, 0.1) is 0 Å². The van der Waals surface area contributed by atoms with Crippen molar-refractivity contribution < 1.29 is 9.90 Å². The Morgan fingerprint density at radius 2 is 1.36 bits per heavy atom. The number of nitrogens with zero attached hydrogens (tertiary/aromatic N) is 1. The van der Waals surface area contributed by atoms with Gasteiger partial charge >= 0.3 is 5.97 Å². The van der Waals surface area contributed by atoms with Crippen molar-refractivity contribution in [3.8, 4) is 0 Å². The van der Waals surface area contributed by atoms with E-state index in [0.717, 1.165) is 22.0 Å². The summed E-state index contributed by atoms with van der Waals surface area (Å²) in [6.45, 7) is 0. The van der Waals surface area contributed by atoms with Gasteiger partial charge in [0.1, 0.15) is 0 Å². The lowest BCUT2D eigenvalue weighted by Crippen LogP contribution is -1.94. The van der Waals surface area contributed by atoms with Crippen LogP contribution in [0.5, 0.6) is 0 Å². The van der Waals surface area contributed by atoms with Gasteiger partial charge in [-0.25, -0.2) is 4.79 Å². The minimum absolute atomic E-state index is 0.259. The van der Waals surface area contributed by atoms with Crippen LogP contribution in [-0.4, -0.2) is 17.3 Å². The third-order valence-electron chi connectivity index (χ3n) is 4.27. The molecule has 0 aromatic heterocycles. The zero-order chi connectivity index (χ0) is 17.2. The largest absolute Gasteiger partial charge is 0.478 e. The molecule has 0 bridgehead atoms. The monoisotopic (exact) mass is 325 g/mol. The van der Waals surface area contributed by atoms with Crippen molar-refractivity contribution in [1.29, 1.82) is 0 Å². The number of aromatic carboxylic acids is 1. The fourth-order valence-corrected chi connectivity index (χ4v) is 3.02. The van der Waals surface area contributed by atoms with Gasteiger partial charge in [0, 0.05) is 11.8 Å². The van der Waals surface area contributed by atoms with Crippen molar-refractivity contribution in [2.24, 2.45) is 4.99 Å². The molecule has 0 saturated heterocycles. The topological polar surface area (TPSA) is 49.7 Å². The lowest BCUT2D eigenvalue weighted by Gasteiger charge is -2.08. The van der Waals surface area contributed by atoms with Crippen molar-refractivity contribution in [1.82, 2.24) is 0 Å². The summed E-state index contributed by atoms with van der Waals surface area (Å²) in [5, 5.41) is 13.6. The summed E-state index contributed by atoms with van der Waals surface area (Å²) in [6, 6.07) is 25.2. The van der Waals surface area contributed by atoms with Crippen LogP contribution in [0.3, 0.4) is 0 Å². The fourth-order valence-electron chi connectivity index (χ4n) is 3.02. The first-order valence-corrected chi connectivity index (χ1v) is 8.00. The van der Waals surface area contributed by atoms with Crippen molar-refractivity contribution in [3.05, 3.63) is 90.0 Å². The zero-order valence-electron chi connectivity index (χ0n) is 13.4. The van der Waals surface area contributed by atoms with Crippen LogP contribution in [0.15, 0.2) is 83.9 Å². The molecule has 0 unspecified atom stereocenters. The van der Waals surface area contributed by atoms with E-state index in [9.17, 15) is 4.79 Å². The lowest BCUT2D eigenvalue weighted by atomic mass is 9.97. The Kier molecular flexibility index (Phi) is 3.75. The number of hydrogen-bond acceptors (Lipinski definition) is 2. The molecule has 0 amide bonds. The molecule has 0 aliphatic carbocycles. The van der Waals surface area contributed by atoms with E-state index >= 15 is 0 Å². The Morgan fingerprint density at radius 3 is 1.92 bits per heavy atom. The molecule has 0 radical (unpaired) electrons. The number of benzene rings is 4. The van der Waals surface area contributed by atoms with Crippen LogP contribution in [0.4, 0.5) is 5.69 Å². The van der Waals surface area contributed by atoms with E-state index in [4.69, 9.17) is 5.11 Å². The highest BCUT2D eigenvalue weighted by atomic mass is 16.4. The van der Waals surface area contributed by atoms with Crippen LogP contribution >= 0.6 is 0 Å². The fraction of sp³-hybridized carbons (Fsp3) is 0. The molecule has 1 N–H and O–H groups in total. The zero-order valence-corrected chi connectivity index (χ0v) is 13.4. The number of fused-ring (bicyclic) bond motifs is 2. The van der Waals surface area contributed by atoms with Gasteiger partial charge in [-0.2, -0.15) is 0 Å². The highest BCUT2D eigenvalue weighted by molar-refractivity contribution is 6.13. The second kappa shape index (κ2) is 6.21. The van der Waals surface area contributed by atoms with Gasteiger partial charge in [-0.05, 0) is 51.9 Å². The van der Waals surface area contributed by atoms with Gasteiger partial charge < -0.3 is 5.11 Å². The Hall–Kier alpha value is -3.46. The smallest absolute Gasteiger partial charge is 0.335 e. The molecule has 0 aliphatic rings. The van der Waals surface area contributed by atoms with Crippen molar-refractivity contribution in [2.45, 2.75) is 0 Å². The summed E-state index contributed by atoms with van der Waals surface area (Å²) in [6.07, 6.45) is 1.86. The normalized spacial score (nSPS) is 11.4. The molecule has 0 aliphatic heterocycles. The van der Waals surface area contributed by atoms with Gasteiger partial charge in [-0.15, -0.1) is 0 Å². The van der Waals surface area contributed by atoms with Gasteiger partial charge in [-0.1, -0.05) is 48.5 Å². The molecule has 0 fully saturated rings. The summed E-state index contributed by atoms with van der Waals surface area (Å²) >= 11 is 0. The van der Waals surface area contributed by atoms with E-state index in [2.05, 4.69) is 35.3 Å². The number of carboxylic acid groups (broad SMARTS) is 1. The van der Waals surface area contributed by atoms with E-state index in [1.165, 1.54) is 10.8 Å². The van der Waals surface area contributed by atoms with Gasteiger partial charge in [0.25, 0.3) is 0 Å². The summed E-state index contributed by atoms with van der Waals surface area (Å²) in [5.74, 6) is -0.935. The molecule has 25 heavy (non-hydrogen) atoms. The number of rotatable bonds is 3. The maximum absolute atomic E-state index is 10.9. The van der Waals surface area contributed by atoms with Crippen LogP contribution in [0.2, 0.25) is 0 Å². The average molecular weight is 325 g/mol. The Balaban J connectivity index is 1.85. The standard InChI is InChI=1S/C22H15NO2/c24-22(25)15-9-11-18(12-10-15)23-14-21-19-7-3-1-5-16(19)13-17-6-2-4-8-20(17)21/h1-14H,(H,24,25). The number of hydrogen-bond donors (Lipinski definition) is 1. The summed E-state index contributed by atoms with van der Waals surface area (Å²) in [4.78, 5) is 15.5. The van der Waals surface area contributed by atoms with Gasteiger partial charge in [0.15, 0.2) is 0 Å². The highest BCUT2D eigenvalue weighted by Crippen LogP contribution is 2.27. The predicted molar refractivity (Wildman–Crippen MR) is 102 cm³/mol. The van der Waals surface area contributed by atoms with Crippen LogP contribution in [0.1, 0.15) is 15.9 Å². The second-order valence-corrected chi connectivity index (χ2v) is 5.84. The molecule has 0 heterocycles. The van der Waals surface area contributed by atoms with E-state index in [1.807, 2.05) is 30.5 Å². The summed E-state index contributed by atoms with van der Waals surface area (Å²) in [5.41, 5.74) is 2.05. The van der Waals surface area contributed by atoms with E-state index < -0.39 is 5.97 Å². The molecule has 0 spiro atoms. The Bertz CT molecular complexity index is 1060. The molecule has 0 atom stereocenters. The third kappa shape index (κ3) is 2.88. The van der Waals surface area contributed by atoms with Crippen LogP contribution in [-0.2, 0) is 0 Å². The lowest BCUT2D eigenvalue weighted by molar-refractivity contribution is 0.0697. The number of carboxylic acids is 1. The highest BCUT2D eigenvalue weighted by Gasteiger charge is 2.05. The van der Waals surface area contributed by atoms with Gasteiger partial charge in [0.05, 0.1) is 11.3 Å². The first-order valence-electron chi connectivity index (χ1n) is 8.00. The van der Waals surface area contributed by atoms with Crippen molar-refractivity contribution in [2.75, 3.05) is 0 Å². The number of aliphatic imine (C=N–C) groups is 1. The molecule has 0 saturated carbocycles. The molecule has 3 heteroatoms. The minimum atomic E-state index is -0.935. The predicted octanol–water partition coefficient (Wildman–Crippen LogP) is 5.44. The maximum Gasteiger partial charge on any atom is 0.335 e. The maximum atomic E-state index is 10.9. The average Bonchev–Trinajstić information content (AvgIpc) is 2.65. The second-order valence-electron chi connectivity index (χ2n) is 5.84. The molecule has 4 aromatic rings. The quantitative estimate of drug-likeness (QED) is 0.402. The molecule has 3 nitrogen and oxygen atoms in total. The summed E-state index contributed by atoms with van der Waals surface area (Å²) < 4.78 is 0. The Labute approximate surface area is 144 Å². The molecular weight excluding hydrogens is 310 g/mol. The van der Waals surface area contributed by atoms with Crippen molar-refractivity contribution >= 4 is 39.4 Å². The Morgan fingerprint density at radius 1 is 0.800 bits per heavy atom. The third-order valence-corrected chi connectivity index (χ3v) is 4.27. The van der Waals surface area contributed by atoms with Crippen LogP contribution < -0.4 is 0 Å². The first-order chi connectivity index (χ1) is 12.2. The van der Waals surface area contributed by atoms with E-state index in [0.29, 0.717) is 0 Å². The molecule has 4 rings (SSSR count). The van der Waals surface area contributed by atoms with E-state index in [1.54, 1.807) is 24.3 Å². The molecular formula is C22H15NO2. The summed E-state index contributed by atoms with van der Waals surface area (Å²) in [7, 11) is 0. The van der Waals surface area contributed by atoms with Gasteiger partial charge in [-0.3, -0.25) is 4.99 Å². The molecule has 120 valence electrons. The van der Waals surface area contributed by atoms with Crippen molar-refractivity contribution in [3.63, 3.8) is 0 Å². The first kappa shape index (κ1) is 15.1. The SMILES string of the molecule is O=C(O)c1ccc(N=Cc2c3ccccc3cc3ccccc23)cc1. The van der Waals surface area contributed by atoms with E-state index in [-0.39, 0.29) is 5.56 Å². The van der Waals surface area contributed by atoms with Crippen LogP contribution in [0.25, 0.3) is 21.5 Å².